The van der Waals surface area contributed by atoms with Gasteiger partial charge in [-0.1, -0.05) is 65.7 Å². The van der Waals surface area contributed by atoms with Crippen LogP contribution in [0, 0.1) is 6.92 Å². The number of amides is 2. The highest BCUT2D eigenvalue weighted by molar-refractivity contribution is 7.89. The fraction of sp³-hybridized carbons (Fsp3) is 0.355. The molecule has 2 amide bonds. The summed E-state index contributed by atoms with van der Waals surface area (Å²) in [5.74, 6) is -0.402. The molecule has 212 valence electrons. The van der Waals surface area contributed by atoms with Crippen LogP contribution in [0.4, 0.5) is 0 Å². The van der Waals surface area contributed by atoms with Crippen molar-refractivity contribution in [3.8, 4) is 0 Å². The van der Waals surface area contributed by atoms with Gasteiger partial charge in [-0.25, -0.2) is 8.42 Å². The van der Waals surface area contributed by atoms with Crippen LogP contribution < -0.4 is 5.32 Å². The first-order chi connectivity index (χ1) is 19.1. The topological polar surface area (TPSA) is 86.8 Å². The second kappa shape index (κ2) is 13.4. The third-order valence-corrected chi connectivity index (χ3v) is 9.44. The van der Waals surface area contributed by atoms with Crippen molar-refractivity contribution in [3.05, 3.63) is 100 Å². The monoisotopic (exact) mass is 581 g/mol. The summed E-state index contributed by atoms with van der Waals surface area (Å²) in [6.45, 7) is 5.49. The number of hydrogen-bond donors (Lipinski definition) is 1. The summed E-state index contributed by atoms with van der Waals surface area (Å²) in [5, 5.41) is 3.55. The fourth-order valence-electron chi connectivity index (χ4n) is 4.71. The van der Waals surface area contributed by atoms with Crippen molar-refractivity contribution in [1.82, 2.24) is 14.5 Å². The first-order valence-corrected chi connectivity index (χ1v) is 15.4. The highest BCUT2D eigenvalue weighted by atomic mass is 35.5. The van der Waals surface area contributed by atoms with Crippen LogP contribution in [0.2, 0.25) is 5.02 Å². The predicted octanol–water partition coefficient (Wildman–Crippen LogP) is 5.10. The molecule has 0 saturated carbocycles. The van der Waals surface area contributed by atoms with E-state index in [9.17, 15) is 18.0 Å². The first-order valence-electron chi connectivity index (χ1n) is 13.6. The lowest BCUT2D eigenvalue weighted by molar-refractivity contribution is -0.140. The van der Waals surface area contributed by atoms with Gasteiger partial charge in [0.05, 0.1) is 4.90 Å². The molecule has 1 N–H and O–H groups in total. The third-order valence-electron chi connectivity index (χ3n) is 7.27. The molecule has 3 aromatic carbocycles. The molecule has 0 bridgehead atoms. The Labute approximate surface area is 242 Å². The largest absolute Gasteiger partial charge is 0.350 e. The molecule has 7 nitrogen and oxygen atoms in total. The number of nitrogens with zero attached hydrogens (tertiary/aromatic N) is 2. The SMILES string of the molecule is Cc1ccc(CNC(=O)[C@@H](C)N(Cc2ccc(Cl)cc2)C(=O)CCc2ccc(S(=O)(=O)N3CCCC3)cc2)cc1. The summed E-state index contributed by atoms with van der Waals surface area (Å²) in [4.78, 5) is 28.4. The number of rotatable bonds is 11. The minimum Gasteiger partial charge on any atom is -0.350 e. The Kier molecular flexibility index (Phi) is 10.0. The summed E-state index contributed by atoms with van der Waals surface area (Å²) < 4.78 is 27.1. The normalized spacial score (nSPS) is 14.6. The molecule has 0 spiro atoms. The zero-order valence-corrected chi connectivity index (χ0v) is 24.5. The molecule has 40 heavy (non-hydrogen) atoms. The molecule has 4 rings (SSSR count). The van der Waals surface area contributed by atoms with Crippen molar-refractivity contribution in [2.45, 2.75) is 63.6 Å². The fourth-order valence-corrected chi connectivity index (χ4v) is 6.36. The van der Waals surface area contributed by atoms with Gasteiger partial charge in [0.1, 0.15) is 6.04 Å². The van der Waals surface area contributed by atoms with E-state index >= 15 is 0 Å². The second-order valence-corrected chi connectivity index (χ2v) is 12.7. The van der Waals surface area contributed by atoms with Crippen LogP contribution in [-0.4, -0.2) is 48.6 Å². The van der Waals surface area contributed by atoms with E-state index < -0.39 is 16.1 Å². The molecule has 1 saturated heterocycles. The van der Waals surface area contributed by atoms with Gasteiger partial charge >= 0.3 is 0 Å². The number of hydrogen-bond acceptors (Lipinski definition) is 4. The molecule has 1 aliphatic rings. The van der Waals surface area contributed by atoms with E-state index in [1.807, 2.05) is 43.3 Å². The smallest absolute Gasteiger partial charge is 0.243 e. The summed E-state index contributed by atoms with van der Waals surface area (Å²) in [6.07, 6.45) is 2.38. The van der Waals surface area contributed by atoms with Crippen molar-refractivity contribution in [2.24, 2.45) is 0 Å². The van der Waals surface area contributed by atoms with E-state index in [-0.39, 0.29) is 29.7 Å². The minimum absolute atomic E-state index is 0.165. The van der Waals surface area contributed by atoms with E-state index in [1.165, 1.54) is 4.31 Å². The zero-order valence-electron chi connectivity index (χ0n) is 23.0. The second-order valence-electron chi connectivity index (χ2n) is 10.3. The number of aryl methyl sites for hydroxylation is 2. The standard InChI is InChI=1S/C31H36ClN3O4S/c1-23-5-7-26(8-6-23)21-33-31(37)24(2)35(22-27-9-14-28(32)15-10-27)30(36)18-13-25-11-16-29(17-12-25)40(38,39)34-19-3-4-20-34/h5-12,14-17,24H,3-4,13,18-22H2,1-2H3,(H,33,37)/t24-/m1/s1. The number of carbonyl (C=O) groups is 2. The van der Waals surface area contributed by atoms with Gasteiger partial charge in [-0.15, -0.1) is 0 Å². The lowest BCUT2D eigenvalue weighted by atomic mass is 10.1. The maximum atomic E-state index is 13.5. The summed E-state index contributed by atoms with van der Waals surface area (Å²) in [6, 6.07) is 21.2. The van der Waals surface area contributed by atoms with Gasteiger partial charge in [0.2, 0.25) is 21.8 Å². The van der Waals surface area contributed by atoms with Crippen LogP contribution in [0.3, 0.4) is 0 Å². The Balaban J connectivity index is 1.42. The molecule has 0 aliphatic carbocycles. The van der Waals surface area contributed by atoms with Crippen molar-refractivity contribution < 1.29 is 18.0 Å². The molecule has 3 aromatic rings. The maximum Gasteiger partial charge on any atom is 0.243 e. The van der Waals surface area contributed by atoms with E-state index in [1.54, 1.807) is 48.2 Å². The first kappa shape index (κ1) is 29.8. The lowest BCUT2D eigenvalue weighted by Crippen LogP contribution is -2.47. The quantitative estimate of drug-likeness (QED) is 0.341. The Morgan fingerprint density at radius 2 is 1.48 bits per heavy atom. The van der Waals surface area contributed by atoms with E-state index in [0.29, 0.717) is 31.1 Å². The molecular weight excluding hydrogens is 546 g/mol. The molecule has 0 aromatic heterocycles. The Bertz CT molecular complexity index is 1400. The molecule has 1 aliphatic heterocycles. The summed E-state index contributed by atoms with van der Waals surface area (Å²) in [5.41, 5.74) is 3.85. The van der Waals surface area contributed by atoms with Crippen LogP contribution >= 0.6 is 11.6 Å². The minimum atomic E-state index is -3.48. The molecule has 0 radical (unpaired) electrons. The van der Waals surface area contributed by atoms with Crippen LogP contribution in [0.15, 0.2) is 77.7 Å². The average Bonchev–Trinajstić information content (AvgIpc) is 3.51. The van der Waals surface area contributed by atoms with Crippen molar-refractivity contribution in [3.63, 3.8) is 0 Å². The maximum absolute atomic E-state index is 13.5. The van der Waals surface area contributed by atoms with Gasteiger partial charge in [0.15, 0.2) is 0 Å². The van der Waals surface area contributed by atoms with Gasteiger partial charge in [0.25, 0.3) is 0 Å². The van der Waals surface area contributed by atoms with Crippen LogP contribution in [0.5, 0.6) is 0 Å². The molecule has 1 heterocycles. The van der Waals surface area contributed by atoms with Crippen LogP contribution in [0.1, 0.15) is 48.4 Å². The molecule has 1 atom stereocenters. The third kappa shape index (κ3) is 7.71. The highest BCUT2D eigenvalue weighted by Gasteiger charge is 2.28. The molecule has 9 heteroatoms. The van der Waals surface area contributed by atoms with Crippen LogP contribution in [-0.2, 0) is 39.1 Å². The van der Waals surface area contributed by atoms with Crippen molar-refractivity contribution in [1.29, 1.82) is 0 Å². The van der Waals surface area contributed by atoms with Gasteiger partial charge in [-0.2, -0.15) is 4.31 Å². The van der Waals surface area contributed by atoms with Gasteiger partial charge < -0.3 is 10.2 Å². The summed E-state index contributed by atoms with van der Waals surface area (Å²) in [7, 11) is -3.48. The number of halogens is 1. The zero-order chi connectivity index (χ0) is 28.7. The molecular formula is C31H36ClN3O4S. The van der Waals surface area contributed by atoms with Gasteiger partial charge in [0, 0.05) is 37.6 Å². The average molecular weight is 582 g/mol. The molecule has 1 fully saturated rings. The number of nitrogens with one attached hydrogen (secondary N) is 1. The van der Waals surface area contributed by atoms with E-state index in [4.69, 9.17) is 11.6 Å². The van der Waals surface area contributed by atoms with E-state index in [2.05, 4.69) is 5.32 Å². The van der Waals surface area contributed by atoms with Crippen molar-refractivity contribution in [2.75, 3.05) is 13.1 Å². The Hall–Kier alpha value is -3.20. The Morgan fingerprint density at radius 1 is 0.900 bits per heavy atom. The Morgan fingerprint density at radius 3 is 2.10 bits per heavy atom. The highest BCUT2D eigenvalue weighted by Crippen LogP contribution is 2.22. The van der Waals surface area contributed by atoms with Gasteiger partial charge in [-0.3, -0.25) is 9.59 Å². The van der Waals surface area contributed by atoms with Gasteiger partial charge in [-0.05, 0) is 74.1 Å². The lowest BCUT2D eigenvalue weighted by Gasteiger charge is -2.29. The summed E-state index contributed by atoms with van der Waals surface area (Å²) >= 11 is 6.04. The predicted molar refractivity (Wildman–Crippen MR) is 157 cm³/mol. The number of benzene rings is 3. The van der Waals surface area contributed by atoms with E-state index in [0.717, 1.165) is 35.1 Å². The number of sulfonamides is 1. The van der Waals surface area contributed by atoms with Crippen molar-refractivity contribution >= 4 is 33.4 Å². The van der Waals surface area contributed by atoms with Crippen LogP contribution in [0.25, 0.3) is 0 Å². The number of carbonyl (C=O) groups excluding carboxylic acids is 2. The molecule has 0 unspecified atom stereocenters.